The lowest BCUT2D eigenvalue weighted by Gasteiger charge is -1.93. The molecular weight excluding hydrogens is 332 g/mol. The molecule has 0 saturated heterocycles. The number of carbonyl (C=O) groups is 5. The van der Waals surface area contributed by atoms with Crippen molar-refractivity contribution in [1.29, 1.82) is 0 Å². The van der Waals surface area contributed by atoms with Crippen LogP contribution < -0.4 is 0 Å². The molecule has 0 unspecified atom stereocenters. The number of benzene rings is 1. The number of aliphatic carboxylic acids is 4. The molecule has 0 atom stereocenters. The molecule has 0 aromatic heterocycles. The zero-order chi connectivity index (χ0) is 19.3. The van der Waals surface area contributed by atoms with E-state index in [1.807, 2.05) is 0 Å². The summed E-state index contributed by atoms with van der Waals surface area (Å²) in [6.45, 7) is 0. The highest BCUT2D eigenvalue weighted by Crippen LogP contribution is 1.96. The SMILES string of the molecule is O=C(O)C(O)C(=O)O.O=C(O)CC(=O)O.O=C(O)c1ccccc1. The summed E-state index contributed by atoms with van der Waals surface area (Å²) in [7, 11) is 0. The van der Waals surface area contributed by atoms with E-state index in [9.17, 15) is 24.0 Å². The van der Waals surface area contributed by atoms with E-state index in [2.05, 4.69) is 0 Å². The Bertz CT molecular complexity index is 553. The van der Waals surface area contributed by atoms with Crippen LogP contribution in [0.2, 0.25) is 0 Å². The molecule has 11 heteroatoms. The average Bonchev–Trinajstić information content (AvgIpc) is 2.47. The summed E-state index contributed by atoms with van der Waals surface area (Å²) in [5.41, 5.74) is 0.331. The minimum Gasteiger partial charge on any atom is -0.481 e. The van der Waals surface area contributed by atoms with Crippen molar-refractivity contribution in [3.8, 4) is 0 Å². The Balaban J connectivity index is 0. The van der Waals surface area contributed by atoms with E-state index >= 15 is 0 Å². The molecule has 6 N–H and O–H groups in total. The van der Waals surface area contributed by atoms with E-state index in [0.717, 1.165) is 0 Å². The van der Waals surface area contributed by atoms with Crippen molar-refractivity contribution in [3.05, 3.63) is 35.9 Å². The normalized spacial score (nSPS) is 8.75. The lowest BCUT2D eigenvalue weighted by atomic mass is 10.2. The average molecular weight is 346 g/mol. The van der Waals surface area contributed by atoms with Gasteiger partial charge in [-0.05, 0) is 12.1 Å². The summed E-state index contributed by atoms with van der Waals surface area (Å²) in [5, 5.41) is 47.2. The van der Waals surface area contributed by atoms with Crippen LogP contribution in [0.15, 0.2) is 30.3 Å². The second kappa shape index (κ2) is 12.1. The lowest BCUT2D eigenvalue weighted by Crippen LogP contribution is -2.28. The van der Waals surface area contributed by atoms with Crippen molar-refractivity contribution >= 4 is 29.8 Å². The van der Waals surface area contributed by atoms with E-state index in [0.29, 0.717) is 5.56 Å². The van der Waals surface area contributed by atoms with Gasteiger partial charge in [-0.1, -0.05) is 18.2 Å². The molecule has 0 heterocycles. The van der Waals surface area contributed by atoms with Crippen LogP contribution in [0.1, 0.15) is 16.8 Å². The quantitative estimate of drug-likeness (QED) is 0.372. The van der Waals surface area contributed by atoms with Crippen molar-refractivity contribution in [2.75, 3.05) is 0 Å². The highest BCUT2D eigenvalue weighted by atomic mass is 16.4. The van der Waals surface area contributed by atoms with Crippen LogP contribution in [0.5, 0.6) is 0 Å². The fourth-order valence-electron chi connectivity index (χ4n) is 0.816. The molecule has 1 aromatic carbocycles. The molecule has 0 radical (unpaired) electrons. The van der Waals surface area contributed by atoms with Crippen LogP contribution in [-0.2, 0) is 19.2 Å². The number of carboxylic acids is 5. The van der Waals surface area contributed by atoms with Gasteiger partial charge in [0.15, 0.2) is 0 Å². The van der Waals surface area contributed by atoms with E-state index in [1.54, 1.807) is 30.3 Å². The van der Waals surface area contributed by atoms with Crippen molar-refractivity contribution in [3.63, 3.8) is 0 Å². The summed E-state index contributed by atoms with van der Waals surface area (Å²) in [6, 6.07) is 8.30. The first-order valence-corrected chi connectivity index (χ1v) is 5.84. The Hall–Kier alpha value is -3.47. The minimum atomic E-state index is -2.30. The monoisotopic (exact) mass is 346 g/mol. The smallest absolute Gasteiger partial charge is 0.344 e. The lowest BCUT2D eigenvalue weighted by molar-refractivity contribution is -0.161. The maximum atomic E-state index is 10.2. The van der Waals surface area contributed by atoms with Crippen molar-refractivity contribution in [2.45, 2.75) is 12.5 Å². The first-order chi connectivity index (χ1) is 11.0. The largest absolute Gasteiger partial charge is 0.481 e. The first kappa shape index (κ1) is 22.8. The standard InChI is InChI=1S/C7H6O2.C3H4O5.C3H4O4/c8-7(9)6-4-2-1-3-5-6;4-1(2(5)6)3(7)8;4-2(5)1-3(6)7/h1-5H,(H,8,9);1,4H,(H,5,6)(H,7,8);1H2,(H,4,5)(H,6,7). The van der Waals surface area contributed by atoms with Gasteiger partial charge >= 0.3 is 29.8 Å². The Morgan fingerprint density at radius 2 is 1.12 bits per heavy atom. The second-order valence-electron chi connectivity index (χ2n) is 3.71. The molecule has 0 aliphatic heterocycles. The van der Waals surface area contributed by atoms with E-state index in [-0.39, 0.29) is 0 Å². The second-order valence-corrected chi connectivity index (χ2v) is 3.71. The van der Waals surface area contributed by atoms with Crippen LogP contribution >= 0.6 is 0 Å². The van der Waals surface area contributed by atoms with Crippen LogP contribution in [0.25, 0.3) is 0 Å². The molecule has 1 aromatic rings. The molecular formula is C13H14O11. The van der Waals surface area contributed by atoms with Crippen LogP contribution in [0, 0.1) is 0 Å². The number of aliphatic hydroxyl groups is 1. The number of aromatic carboxylic acids is 1. The van der Waals surface area contributed by atoms with Gasteiger partial charge in [-0.15, -0.1) is 0 Å². The summed E-state index contributed by atoms with van der Waals surface area (Å²) in [4.78, 5) is 48.1. The highest BCUT2D eigenvalue weighted by Gasteiger charge is 2.20. The van der Waals surface area contributed by atoms with Gasteiger partial charge in [0.25, 0.3) is 0 Å². The Labute approximate surface area is 134 Å². The van der Waals surface area contributed by atoms with Gasteiger partial charge in [0.1, 0.15) is 6.42 Å². The number of aliphatic hydroxyl groups excluding tert-OH is 1. The summed E-state index contributed by atoms with van der Waals surface area (Å²) in [6.07, 6.45) is -3.10. The molecule has 1 rings (SSSR count). The third-order valence-electron chi connectivity index (χ3n) is 1.79. The molecule has 0 fully saturated rings. The van der Waals surface area contributed by atoms with Crippen LogP contribution in [0.3, 0.4) is 0 Å². The highest BCUT2D eigenvalue weighted by molar-refractivity contribution is 5.95. The predicted molar refractivity (Wildman–Crippen MR) is 74.6 cm³/mol. The summed E-state index contributed by atoms with van der Waals surface area (Å²) in [5.74, 6) is -7.01. The zero-order valence-electron chi connectivity index (χ0n) is 11.9. The summed E-state index contributed by atoms with van der Waals surface area (Å²) < 4.78 is 0. The maximum absolute atomic E-state index is 10.2. The van der Waals surface area contributed by atoms with Gasteiger partial charge in [0, 0.05) is 0 Å². The Morgan fingerprint density at radius 3 is 1.25 bits per heavy atom. The fourth-order valence-corrected chi connectivity index (χ4v) is 0.816. The van der Waals surface area contributed by atoms with E-state index < -0.39 is 42.4 Å². The molecule has 0 spiro atoms. The van der Waals surface area contributed by atoms with Gasteiger partial charge in [0.2, 0.25) is 6.10 Å². The van der Waals surface area contributed by atoms with Crippen molar-refractivity contribution in [2.24, 2.45) is 0 Å². The zero-order valence-corrected chi connectivity index (χ0v) is 11.9. The maximum Gasteiger partial charge on any atom is 0.344 e. The Kier molecular flexibility index (Phi) is 11.5. The number of rotatable bonds is 5. The molecule has 0 amide bonds. The summed E-state index contributed by atoms with van der Waals surface area (Å²) >= 11 is 0. The first-order valence-electron chi connectivity index (χ1n) is 5.84. The van der Waals surface area contributed by atoms with Crippen molar-refractivity contribution < 1.29 is 54.6 Å². The van der Waals surface area contributed by atoms with Crippen LogP contribution in [0.4, 0.5) is 0 Å². The molecule has 0 bridgehead atoms. The topological polar surface area (TPSA) is 207 Å². The molecule has 11 nitrogen and oxygen atoms in total. The Morgan fingerprint density at radius 1 is 0.750 bits per heavy atom. The van der Waals surface area contributed by atoms with Gasteiger partial charge in [-0.2, -0.15) is 0 Å². The number of hydrogen-bond donors (Lipinski definition) is 6. The fraction of sp³-hybridized carbons (Fsp3) is 0.154. The molecule has 132 valence electrons. The van der Waals surface area contributed by atoms with Crippen LogP contribution in [-0.4, -0.2) is 66.6 Å². The van der Waals surface area contributed by atoms with E-state index in [4.69, 9.17) is 30.6 Å². The van der Waals surface area contributed by atoms with Gasteiger partial charge in [-0.25, -0.2) is 14.4 Å². The third kappa shape index (κ3) is 13.5. The van der Waals surface area contributed by atoms with Gasteiger partial charge < -0.3 is 30.6 Å². The predicted octanol–water partition coefficient (Wildman–Crippen LogP) is -0.553. The molecule has 24 heavy (non-hydrogen) atoms. The number of carboxylic acid groups (broad SMARTS) is 5. The van der Waals surface area contributed by atoms with Gasteiger partial charge in [-0.3, -0.25) is 9.59 Å². The molecule has 0 saturated carbocycles. The molecule has 0 aliphatic rings. The minimum absolute atomic E-state index is 0.331. The number of hydrogen-bond acceptors (Lipinski definition) is 6. The van der Waals surface area contributed by atoms with Gasteiger partial charge in [0.05, 0.1) is 5.56 Å². The third-order valence-corrected chi connectivity index (χ3v) is 1.79. The van der Waals surface area contributed by atoms with Crippen molar-refractivity contribution in [1.82, 2.24) is 0 Å². The van der Waals surface area contributed by atoms with E-state index in [1.165, 1.54) is 0 Å². The molecule has 0 aliphatic carbocycles.